The number of hydrogen-bond donors (Lipinski definition) is 1. The fraction of sp³-hybridized carbons (Fsp3) is 0.692. The summed E-state index contributed by atoms with van der Waals surface area (Å²) in [7, 11) is 0. The van der Waals surface area contributed by atoms with E-state index in [4.69, 9.17) is 0 Å². The molecule has 0 bridgehead atoms. The maximum absolute atomic E-state index is 9.57. The summed E-state index contributed by atoms with van der Waals surface area (Å²) in [5.41, 5.74) is 3.14. The Kier molecular flexibility index (Phi) is 2.78. The molecule has 2 aliphatic rings. The molecule has 0 saturated heterocycles. The third kappa shape index (κ3) is 1.66. The van der Waals surface area contributed by atoms with Crippen molar-refractivity contribution in [2.24, 2.45) is 5.41 Å². The molecule has 0 aromatic rings. The van der Waals surface area contributed by atoms with Gasteiger partial charge in [0, 0.05) is 5.41 Å². The quantitative estimate of drug-likeness (QED) is 0.712. The lowest BCUT2D eigenvalue weighted by atomic mass is 9.75. The van der Waals surface area contributed by atoms with Gasteiger partial charge in [-0.15, -0.1) is 0 Å². The number of rotatable bonds is 2. The summed E-state index contributed by atoms with van der Waals surface area (Å²) in [4.78, 5) is 0. The van der Waals surface area contributed by atoms with Crippen molar-refractivity contribution in [1.29, 1.82) is 0 Å². The molecule has 1 saturated carbocycles. The average molecular weight is 192 g/mol. The number of aliphatic hydroxyl groups excluding tert-OH is 1. The minimum absolute atomic E-state index is 0.164. The smallest absolute Gasteiger partial charge is 0.0524 e. The first kappa shape index (κ1) is 9.97. The lowest BCUT2D eigenvalue weighted by molar-refractivity contribution is 0.160. The monoisotopic (exact) mass is 192 g/mol. The zero-order valence-electron chi connectivity index (χ0n) is 9.05. The number of allylic oxidation sites excluding steroid dienone is 3. The Hall–Kier alpha value is -0.560. The summed E-state index contributed by atoms with van der Waals surface area (Å²) in [5, 5.41) is 9.57. The standard InChI is InChI=1S/C13H20O/c1-11-4-6-12(7-5-11)13(10-14)8-2-3-9-13/h4,6,14H,2-3,5,7-10H2,1H3. The highest BCUT2D eigenvalue weighted by molar-refractivity contribution is 5.28. The fourth-order valence-corrected chi connectivity index (χ4v) is 2.82. The Labute approximate surface area is 86.5 Å². The first-order chi connectivity index (χ1) is 6.77. The zero-order chi connectivity index (χ0) is 10.0. The van der Waals surface area contributed by atoms with Gasteiger partial charge in [-0.25, -0.2) is 0 Å². The van der Waals surface area contributed by atoms with E-state index in [1.54, 1.807) is 0 Å². The lowest BCUT2D eigenvalue weighted by Crippen LogP contribution is -2.25. The van der Waals surface area contributed by atoms with Crippen molar-refractivity contribution in [3.8, 4) is 0 Å². The Balaban J connectivity index is 2.20. The maximum atomic E-state index is 9.57. The molecule has 0 spiro atoms. The molecule has 0 unspecified atom stereocenters. The van der Waals surface area contributed by atoms with Gasteiger partial charge in [0.05, 0.1) is 6.61 Å². The van der Waals surface area contributed by atoms with E-state index in [0.29, 0.717) is 6.61 Å². The molecule has 0 atom stereocenters. The van der Waals surface area contributed by atoms with Gasteiger partial charge in [-0.2, -0.15) is 0 Å². The van der Waals surface area contributed by atoms with Crippen LogP contribution in [0.1, 0.15) is 45.4 Å². The molecule has 1 heteroatoms. The second-order valence-electron chi connectivity index (χ2n) is 4.85. The Morgan fingerprint density at radius 2 is 1.93 bits per heavy atom. The van der Waals surface area contributed by atoms with E-state index in [-0.39, 0.29) is 5.41 Å². The van der Waals surface area contributed by atoms with Gasteiger partial charge in [0.1, 0.15) is 0 Å². The third-order valence-corrected chi connectivity index (χ3v) is 3.90. The van der Waals surface area contributed by atoms with Crippen LogP contribution in [0.3, 0.4) is 0 Å². The summed E-state index contributed by atoms with van der Waals surface area (Å²) in [6, 6.07) is 0. The summed E-state index contributed by atoms with van der Waals surface area (Å²) >= 11 is 0. The summed E-state index contributed by atoms with van der Waals surface area (Å²) < 4.78 is 0. The van der Waals surface area contributed by atoms with E-state index >= 15 is 0 Å². The molecule has 1 nitrogen and oxygen atoms in total. The van der Waals surface area contributed by atoms with E-state index in [1.807, 2.05) is 0 Å². The Morgan fingerprint density at radius 1 is 1.21 bits per heavy atom. The van der Waals surface area contributed by atoms with Gasteiger partial charge in [0.2, 0.25) is 0 Å². The molecular weight excluding hydrogens is 172 g/mol. The van der Waals surface area contributed by atoms with E-state index < -0.39 is 0 Å². The highest BCUT2D eigenvalue weighted by Gasteiger charge is 2.36. The average Bonchev–Trinajstić information content (AvgIpc) is 2.68. The summed E-state index contributed by atoms with van der Waals surface area (Å²) in [6.45, 7) is 2.54. The van der Waals surface area contributed by atoms with Gasteiger partial charge in [-0.1, -0.05) is 36.1 Å². The molecule has 0 aliphatic heterocycles. The molecule has 2 aliphatic carbocycles. The zero-order valence-corrected chi connectivity index (χ0v) is 9.05. The number of hydrogen-bond acceptors (Lipinski definition) is 1. The minimum atomic E-state index is 0.164. The van der Waals surface area contributed by atoms with E-state index in [2.05, 4.69) is 19.1 Å². The van der Waals surface area contributed by atoms with Gasteiger partial charge in [0.15, 0.2) is 0 Å². The van der Waals surface area contributed by atoms with Crippen LogP contribution in [0.2, 0.25) is 0 Å². The maximum Gasteiger partial charge on any atom is 0.0524 e. The van der Waals surface area contributed by atoms with Gasteiger partial charge in [-0.3, -0.25) is 0 Å². The fourth-order valence-electron chi connectivity index (χ4n) is 2.82. The third-order valence-electron chi connectivity index (χ3n) is 3.90. The molecule has 2 rings (SSSR count). The van der Waals surface area contributed by atoms with Crippen molar-refractivity contribution in [3.05, 3.63) is 23.3 Å². The molecule has 0 amide bonds. The predicted molar refractivity (Wildman–Crippen MR) is 59.1 cm³/mol. The first-order valence-electron chi connectivity index (χ1n) is 5.74. The van der Waals surface area contributed by atoms with Crippen molar-refractivity contribution >= 4 is 0 Å². The summed E-state index contributed by atoms with van der Waals surface area (Å²) in [5.74, 6) is 0. The van der Waals surface area contributed by atoms with E-state index in [1.165, 1.54) is 49.7 Å². The van der Waals surface area contributed by atoms with Crippen LogP contribution in [0, 0.1) is 5.41 Å². The Morgan fingerprint density at radius 3 is 2.43 bits per heavy atom. The van der Waals surface area contributed by atoms with Gasteiger partial charge in [-0.05, 0) is 32.6 Å². The summed E-state index contributed by atoms with van der Waals surface area (Å²) in [6.07, 6.45) is 11.8. The molecular formula is C13H20O. The second kappa shape index (κ2) is 3.90. The molecule has 1 fully saturated rings. The molecule has 14 heavy (non-hydrogen) atoms. The Bertz CT molecular complexity index is 267. The highest BCUT2D eigenvalue weighted by atomic mass is 16.3. The molecule has 0 radical (unpaired) electrons. The van der Waals surface area contributed by atoms with Crippen LogP contribution >= 0.6 is 0 Å². The van der Waals surface area contributed by atoms with E-state index in [0.717, 1.165) is 0 Å². The van der Waals surface area contributed by atoms with Gasteiger partial charge in [0.25, 0.3) is 0 Å². The van der Waals surface area contributed by atoms with Crippen LogP contribution in [0.25, 0.3) is 0 Å². The molecule has 0 aromatic carbocycles. The van der Waals surface area contributed by atoms with Crippen LogP contribution in [0.5, 0.6) is 0 Å². The number of aliphatic hydroxyl groups is 1. The van der Waals surface area contributed by atoms with Crippen molar-refractivity contribution in [3.63, 3.8) is 0 Å². The first-order valence-corrected chi connectivity index (χ1v) is 5.74. The van der Waals surface area contributed by atoms with Gasteiger partial charge < -0.3 is 5.11 Å². The van der Waals surface area contributed by atoms with Gasteiger partial charge >= 0.3 is 0 Å². The highest BCUT2D eigenvalue weighted by Crippen LogP contribution is 2.46. The minimum Gasteiger partial charge on any atom is -0.395 e. The SMILES string of the molecule is CC1=CC=C(C2(CO)CCCC2)CC1. The van der Waals surface area contributed by atoms with Crippen LogP contribution in [-0.4, -0.2) is 11.7 Å². The topological polar surface area (TPSA) is 20.2 Å². The largest absolute Gasteiger partial charge is 0.395 e. The van der Waals surface area contributed by atoms with Crippen molar-refractivity contribution in [1.82, 2.24) is 0 Å². The van der Waals surface area contributed by atoms with Crippen LogP contribution < -0.4 is 0 Å². The predicted octanol–water partition coefficient (Wildman–Crippen LogP) is 3.21. The molecule has 1 N–H and O–H groups in total. The second-order valence-corrected chi connectivity index (χ2v) is 4.85. The van der Waals surface area contributed by atoms with Crippen LogP contribution in [0.15, 0.2) is 23.3 Å². The van der Waals surface area contributed by atoms with E-state index in [9.17, 15) is 5.11 Å². The van der Waals surface area contributed by atoms with Crippen LogP contribution in [0.4, 0.5) is 0 Å². The normalized spacial score (nSPS) is 25.9. The van der Waals surface area contributed by atoms with Crippen molar-refractivity contribution < 1.29 is 5.11 Å². The van der Waals surface area contributed by atoms with Crippen LogP contribution in [-0.2, 0) is 0 Å². The lowest BCUT2D eigenvalue weighted by Gasteiger charge is -2.31. The van der Waals surface area contributed by atoms with Crippen molar-refractivity contribution in [2.45, 2.75) is 45.4 Å². The molecule has 78 valence electrons. The molecule has 0 aromatic heterocycles. The molecule has 0 heterocycles. The van der Waals surface area contributed by atoms with Crippen molar-refractivity contribution in [2.75, 3.05) is 6.61 Å².